The van der Waals surface area contributed by atoms with Crippen molar-refractivity contribution in [1.82, 2.24) is 7.92 Å². The SMILES string of the molecule is Clc1ccccc1OP1N=P(Oc2ccccc2Cl)(Oc2ccccc2Cl)N(Cl)P(Cl)N1Cl. The number of rotatable bonds is 6. The van der Waals surface area contributed by atoms with E-state index in [9.17, 15) is 0 Å². The summed E-state index contributed by atoms with van der Waals surface area (Å²) in [6.07, 6.45) is 0. The first-order valence-corrected chi connectivity index (χ1v) is 15.6. The first kappa shape index (κ1) is 25.9. The van der Waals surface area contributed by atoms with Crippen molar-refractivity contribution in [2.75, 3.05) is 0 Å². The molecule has 2 atom stereocenters. The van der Waals surface area contributed by atoms with Crippen LogP contribution >= 0.6 is 93.3 Å². The Kier molecular flexibility index (Phi) is 8.83. The second-order valence-corrected chi connectivity index (χ2v) is 15.3. The van der Waals surface area contributed by atoms with Gasteiger partial charge < -0.3 is 13.6 Å². The summed E-state index contributed by atoms with van der Waals surface area (Å²) in [6, 6.07) is 20.5. The van der Waals surface area contributed by atoms with Crippen LogP contribution in [0, 0.1) is 0 Å². The molecular weight excluding hydrogens is 612 g/mol. The van der Waals surface area contributed by atoms with Gasteiger partial charge >= 0.3 is 16.1 Å². The number of nitrogens with zero attached hydrogens (tertiary/aromatic N) is 3. The van der Waals surface area contributed by atoms with Crippen LogP contribution in [-0.2, 0) is 0 Å². The average Bonchev–Trinajstić information content (AvgIpc) is 2.80. The van der Waals surface area contributed by atoms with E-state index in [2.05, 4.69) is 4.52 Å². The zero-order valence-electron chi connectivity index (χ0n) is 16.1. The molecule has 3 aromatic rings. The largest absolute Gasteiger partial charge is 0.437 e. The van der Waals surface area contributed by atoms with E-state index in [0.717, 1.165) is 3.96 Å². The van der Waals surface area contributed by atoms with Crippen LogP contribution in [-0.4, -0.2) is 7.92 Å². The van der Waals surface area contributed by atoms with Crippen molar-refractivity contribution in [3.63, 3.8) is 0 Å². The predicted octanol–water partition coefficient (Wildman–Crippen LogP) is 10.7. The number of hydrogen-bond acceptors (Lipinski definition) is 6. The summed E-state index contributed by atoms with van der Waals surface area (Å²) in [4.78, 5) is 0. The molecule has 0 amide bonds. The molecule has 3 aromatic carbocycles. The van der Waals surface area contributed by atoms with E-state index in [1.54, 1.807) is 72.8 Å². The third-order valence-corrected chi connectivity index (χ3v) is 14.8. The van der Waals surface area contributed by atoms with E-state index >= 15 is 0 Å². The van der Waals surface area contributed by atoms with Gasteiger partial charge in [0.15, 0.2) is 7.58 Å². The smallest absolute Gasteiger partial charge is 0.425 e. The highest BCUT2D eigenvalue weighted by Crippen LogP contribution is 2.81. The van der Waals surface area contributed by atoms with Crippen molar-refractivity contribution in [2.24, 2.45) is 4.52 Å². The third kappa shape index (κ3) is 5.80. The van der Waals surface area contributed by atoms with Crippen LogP contribution in [0.5, 0.6) is 17.2 Å². The Balaban J connectivity index is 1.84. The topological polar surface area (TPSA) is 46.5 Å². The van der Waals surface area contributed by atoms with Gasteiger partial charge in [-0.05, 0) is 60.0 Å². The lowest BCUT2D eigenvalue weighted by Gasteiger charge is -2.39. The Hall–Kier alpha value is -0.190. The molecule has 0 bridgehead atoms. The van der Waals surface area contributed by atoms with Gasteiger partial charge in [-0.1, -0.05) is 90.4 Å². The summed E-state index contributed by atoms with van der Waals surface area (Å²) < 4.78 is 25.5. The van der Waals surface area contributed by atoms with Gasteiger partial charge in [-0.15, -0.1) is 4.52 Å². The zero-order valence-corrected chi connectivity index (χ0v) is 23.3. The molecule has 0 radical (unpaired) electrons. The molecule has 0 fully saturated rings. The lowest BCUT2D eigenvalue weighted by Crippen LogP contribution is -2.21. The van der Waals surface area contributed by atoms with E-state index in [-0.39, 0.29) is 11.5 Å². The van der Waals surface area contributed by atoms with Crippen molar-refractivity contribution < 1.29 is 13.6 Å². The molecule has 0 saturated heterocycles. The van der Waals surface area contributed by atoms with E-state index in [0.29, 0.717) is 20.8 Å². The van der Waals surface area contributed by atoms with E-state index in [1.807, 2.05) is 0 Å². The second kappa shape index (κ2) is 11.2. The van der Waals surface area contributed by atoms with Crippen LogP contribution in [0.4, 0.5) is 0 Å². The number of halogens is 6. The molecule has 4 rings (SSSR count). The Morgan fingerprint density at radius 3 is 1.58 bits per heavy atom. The van der Waals surface area contributed by atoms with Gasteiger partial charge in [0.05, 0.1) is 15.1 Å². The summed E-state index contributed by atoms with van der Waals surface area (Å²) in [6.45, 7) is 0. The first-order chi connectivity index (χ1) is 15.8. The summed E-state index contributed by atoms with van der Waals surface area (Å²) in [5, 5.41) is 1.02. The van der Waals surface area contributed by atoms with Gasteiger partial charge in [0.25, 0.3) is 0 Å². The predicted molar refractivity (Wildman–Crippen MR) is 141 cm³/mol. The first-order valence-electron chi connectivity index (χ1n) is 8.92. The Morgan fingerprint density at radius 1 is 0.697 bits per heavy atom. The van der Waals surface area contributed by atoms with Crippen molar-refractivity contribution >= 4 is 93.3 Å². The van der Waals surface area contributed by atoms with Crippen LogP contribution in [0.25, 0.3) is 0 Å². The Morgan fingerprint density at radius 2 is 1.12 bits per heavy atom. The highest BCUT2D eigenvalue weighted by atomic mass is 35.7. The summed E-state index contributed by atoms with van der Waals surface area (Å²) >= 11 is 38.6. The van der Waals surface area contributed by atoms with Gasteiger partial charge in [-0.3, -0.25) is 0 Å². The Labute approximate surface area is 223 Å². The van der Waals surface area contributed by atoms with Gasteiger partial charge in [-0.2, -0.15) is 0 Å². The number of para-hydroxylation sites is 3. The fraction of sp³-hybridized carbons (Fsp3) is 0. The molecule has 0 spiro atoms. The molecule has 0 aromatic heterocycles. The van der Waals surface area contributed by atoms with Crippen LogP contribution in [0.3, 0.4) is 0 Å². The van der Waals surface area contributed by atoms with E-state index in [4.69, 9.17) is 83.2 Å². The molecule has 0 aliphatic carbocycles. The standard InChI is InChI=1S/C18H12Cl6N3O3P3/c19-13-7-1-4-10-16(13)28-32-25-33(27(23)31(24)26(32)22,29-17-11-5-2-8-14(17)20)30-18-12-6-3-9-15(18)21/h1-12H. The monoisotopic (exact) mass is 621 g/mol. The van der Waals surface area contributed by atoms with Crippen molar-refractivity contribution in [2.45, 2.75) is 0 Å². The molecule has 174 valence electrons. The Bertz CT molecular complexity index is 1160. The molecule has 1 heterocycles. The summed E-state index contributed by atoms with van der Waals surface area (Å²) in [7, 11) is -7.47. The molecule has 15 heteroatoms. The average molecular weight is 624 g/mol. The minimum Gasteiger partial charge on any atom is -0.437 e. The van der Waals surface area contributed by atoms with Crippen LogP contribution in [0.15, 0.2) is 77.3 Å². The van der Waals surface area contributed by atoms with Crippen molar-refractivity contribution in [3.05, 3.63) is 87.9 Å². The minimum absolute atomic E-state index is 0.282. The number of hydrogen-bond donors (Lipinski definition) is 0. The van der Waals surface area contributed by atoms with Crippen molar-refractivity contribution in [1.29, 1.82) is 0 Å². The van der Waals surface area contributed by atoms with Crippen molar-refractivity contribution in [3.8, 4) is 17.2 Å². The molecule has 1 aliphatic heterocycles. The van der Waals surface area contributed by atoms with Crippen LogP contribution in [0.1, 0.15) is 0 Å². The minimum atomic E-state index is -3.59. The number of benzene rings is 3. The third-order valence-electron chi connectivity index (χ3n) is 3.94. The van der Waals surface area contributed by atoms with E-state index in [1.165, 1.54) is 3.96 Å². The summed E-state index contributed by atoms with van der Waals surface area (Å²) in [5.41, 5.74) is 0. The molecular formula is C18H12Cl6N3O3P3. The molecule has 1 aliphatic rings. The fourth-order valence-corrected chi connectivity index (χ4v) is 12.2. The maximum Gasteiger partial charge on any atom is 0.425 e. The van der Waals surface area contributed by atoms with Gasteiger partial charge in [0.2, 0.25) is 0 Å². The zero-order chi connectivity index (χ0) is 23.6. The van der Waals surface area contributed by atoms with Gasteiger partial charge in [0.1, 0.15) is 17.2 Å². The summed E-state index contributed by atoms with van der Waals surface area (Å²) in [5.74, 6) is 0.922. The molecule has 2 unspecified atom stereocenters. The molecule has 6 nitrogen and oxygen atoms in total. The fourth-order valence-electron chi connectivity index (χ4n) is 2.45. The maximum atomic E-state index is 6.64. The van der Waals surface area contributed by atoms with E-state index < -0.39 is 23.7 Å². The lowest BCUT2D eigenvalue weighted by molar-refractivity contribution is 0.450. The molecule has 33 heavy (non-hydrogen) atoms. The van der Waals surface area contributed by atoms with Gasteiger partial charge in [0, 0.05) is 0 Å². The highest BCUT2D eigenvalue weighted by molar-refractivity contribution is 7.94. The molecule has 0 saturated carbocycles. The lowest BCUT2D eigenvalue weighted by atomic mass is 10.3. The van der Waals surface area contributed by atoms with Crippen LogP contribution < -0.4 is 13.6 Å². The van der Waals surface area contributed by atoms with Crippen LogP contribution in [0.2, 0.25) is 15.1 Å². The quantitative estimate of drug-likeness (QED) is 0.202. The highest BCUT2D eigenvalue weighted by Gasteiger charge is 2.51. The maximum absolute atomic E-state index is 6.64. The normalized spacial score (nSPS) is 20.7. The van der Waals surface area contributed by atoms with Gasteiger partial charge in [-0.25, -0.2) is 0 Å². The second-order valence-electron chi connectivity index (χ2n) is 6.12. The molecule has 0 N–H and O–H groups in total.